The van der Waals surface area contributed by atoms with E-state index in [9.17, 15) is 9.18 Å². The van der Waals surface area contributed by atoms with Gasteiger partial charge in [0, 0.05) is 10.7 Å². The Morgan fingerprint density at radius 2 is 1.89 bits per heavy atom. The molecule has 27 heavy (non-hydrogen) atoms. The first-order valence-corrected chi connectivity index (χ1v) is 9.72. The van der Waals surface area contributed by atoms with Gasteiger partial charge >= 0.3 is 0 Å². The minimum Gasteiger partial charge on any atom is -0.360 e. The minimum atomic E-state index is -0.427. The van der Waals surface area contributed by atoms with Gasteiger partial charge < -0.3 is 15.1 Å². The number of anilines is 2. The minimum absolute atomic E-state index is 0.120. The van der Waals surface area contributed by atoms with Crippen molar-refractivity contribution in [3.63, 3.8) is 0 Å². The summed E-state index contributed by atoms with van der Waals surface area (Å²) in [5, 5.41) is 3.74. The number of hydrogen-bond acceptors (Lipinski definition) is 2. The number of piperazine rings is 1. The molecule has 0 unspecified atom stereocenters. The molecule has 0 radical (unpaired) electrons. The summed E-state index contributed by atoms with van der Waals surface area (Å²) in [6.45, 7) is 7.38. The molecule has 1 fully saturated rings. The summed E-state index contributed by atoms with van der Waals surface area (Å²) in [5.74, 6) is -0.546. The van der Waals surface area contributed by atoms with Crippen LogP contribution in [-0.4, -0.2) is 38.1 Å². The van der Waals surface area contributed by atoms with Crippen molar-refractivity contribution in [3.05, 3.63) is 57.8 Å². The average Bonchev–Trinajstić information content (AvgIpc) is 2.65. The monoisotopic (exact) mass is 410 g/mol. The first-order valence-electron chi connectivity index (χ1n) is 8.97. The molecule has 0 spiro atoms. The van der Waals surface area contributed by atoms with E-state index in [1.165, 1.54) is 28.7 Å². The van der Waals surface area contributed by atoms with E-state index in [0.717, 1.165) is 36.9 Å². The fraction of sp³-hybridized carbons (Fsp3) is 0.350. The molecule has 4 nitrogen and oxygen atoms in total. The topological polar surface area (TPSA) is 36.8 Å². The molecule has 1 heterocycles. The van der Waals surface area contributed by atoms with Crippen molar-refractivity contribution in [3.8, 4) is 0 Å². The van der Waals surface area contributed by atoms with Gasteiger partial charge in [0.25, 0.3) is 5.91 Å². The number of aryl methyl sites for hydroxylation is 1. The molecule has 0 aliphatic carbocycles. The lowest BCUT2D eigenvalue weighted by atomic mass is 10.1. The highest BCUT2D eigenvalue weighted by atomic mass is 35.5. The molecule has 0 saturated carbocycles. The Bertz CT molecular complexity index is 838. The van der Waals surface area contributed by atoms with E-state index in [1.54, 1.807) is 0 Å². The number of nitrogens with one attached hydrogen (secondary N) is 2. The molecule has 0 aromatic heterocycles. The van der Waals surface area contributed by atoms with Gasteiger partial charge in [-0.2, -0.15) is 0 Å². The molecule has 2 aromatic carbocycles. The van der Waals surface area contributed by atoms with Crippen LogP contribution in [0.25, 0.3) is 0 Å². The van der Waals surface area contributed by atoms with E-state index in [-0.39, 0.29) is 17.0 Å². The van der Waals surface area contributed by atoms with E-state index in [2.05, 4.69) is 17.1 Å². The second kappa shape index (κ2) is 8.46. The predicted octanol–water partition coefficient (Wildman–Crippen LogP) is 3.17. The largest absolute Gasteiger partial charge is 0.360 e. The lowest BCUT2D eigenvalue weighted by molar-refractivity contribution is -0.914. The van der Waals surface area contributed by atoms with Gasteiger partial charge in [0.2, 0.25) is 0 Å². The molecule has 3 rings (SSSR count). The van der Waals surface area contributed by atoms with Crippen LogP contribution in [0.5, 0.6) is 0 Å². The maximum Gasteiger partial charge on any atom is 0.282 e. The Hall–Kier alpha value is -1.82. The summed E-state index contributed by atoms with van der Waals surface area (Å²) >= 11 is 12.1. The third-order valence-corrected chi connectivity index (χ3v) is 5.66. The maximum atomic E-state index is 13.2. The van der Waals surface area contributed by atoms with E-state index >= 15 is 0 Å². The Labute approximate surface area is 168 Å². The SMILES string of the molecule is Cc1ccc(Cl)cc1N1CC[NH+]([C@H](C)C(=O)Nc2ccc(F)cc2Cl)CC1. The summed E-state index contributed by atoms with van der Waals surface area (Å²) in [5.41, 5.74) is 2.78. The van der Waals surface area contributed by atoms with Crippen LogP contribution in [-0.2, 0) is 4.79 Å². The number of carbonyl (C=O) groups is 1. The van der Waals surface area contributed by atoms with Gasteiger partial charge in [-0.25, -0.2) is 4.39 Å². The van der Waals surface area contributed by atoms with Gasteiger partial charge in [0.15, 0.2) is 6.04 Å². The second-order valence-electron chi connectivity index (χ2n) is 6.91. The van der Waals surface area contributed by atoms with Gasteiger partial charge in [-0.15, -0.1) is 0 Å². The van der Waals surface area contributed by atoms with Crippen LogP contribution in [0.15, 0.2) is 36.4 Å². The number of quaternary nitrogens is 1. The number of amides is 1. The highest BCUT2D eigenvalue weighted by Crippen LogP contribution is 2.24. The Morgan fingerprint density at radius 1 is 1.19 bits per heavy atom. The number of nitrogens with zero attached hydrogens (tertiary/aromatic N) is 1. The number of carbonyl (C=O) groups excluding carboxylic acids is 1. The predicted molar refractivity (Wildman–Crippen MR) is 109 cm³/mol. The highest BCUT2D eigenvalue weighted by molar-refractivity contribution is 6.33. The number of halogens is 3. The average molecular weight is 411 g/mol. The summed E-state index contributed by atoms with van der Waals surface area (Å²) in [6.07, 6.45) is 0. The van der Waals surface area contributed by atoms with E-state index < -0.39 is 5.82 Å². The normalized spacial score (nSPS) is 16.3. The third kappa shape index (κ3) is 4.72. The molecule has 7 heteroatoms. The van der Waals surface area contributed by atoms with Crippen LogP contribution in [0, 0.1) is 12.7 Å². The van der Waals surface area contributed by atoms with E-state index in [0.29, 0.717) is 5.69 Å². The molecule has 1 aliphatic rings. The van der Waals surface area contributed by atoms with Gasteiger partial charge in [-0.05, 0) is 49.7 Å². The summed E-state index contributed by atoms with van der Waals surface area (Å²) in [7, 11) is 0. The number of benzene rings is 2. The quantitative estimate of drug-likeness (QED) is 0.811. The summed E-state index contributed by atoms with van der Waals surface area (Å²) < 4.78 is 13.2. The van der Waals surface area contributed by atoms with Crippen LogP contribution >= 0.6 is 23.2 Å². The smallest absolute Gasteiger partial charge is 0.282 e. The zero-order chi connectivity index (χ0) is 19.6. The number of rotatable bonds is 4. The molecule has 1 saturated heterocycles. The van der Waals surface area contributed by atoms with Crippen molar-refractivity contribution < 1.29 is 14.1 Å². The summed E-state index contributed by atoms with van der Waals surface area (Å²) in [4.78, 5) is 16.1. The molecule has 1 amide bonds. The van der Waals surface area contributed by atoms with Gasteiger partial charge in [-0.3, -0.25) is 4.79 Å². The highest BCUT2D eigenvalue weighted by Gasteiger charge is 2.30. The van der Waals surface area contributed by atoms with Crippen molar-refractivity contribution in [2.45, 2.75) is 19.9 Å². The molecular formula is C20H23Cl2FN3O+. The van der Waals surface area contributed by atoms with Crippen molar-refractivity contribution >= 4 is 40.5 Å². The number of hydrogen-bond donors (Lipinski definition) is 2. The molecule has 144 valence electrons. The molecule has 0 bridgehead atoms. The Kier molecular flexibility index (Phi) is 6.25. The van der Waals surface area contributed by atoms with Crippen molar-refractivity contribution in [1.29, 1.82) is 0 Å². The van der Waals surface area contributed by atoms with Crippen LogP contribution in [0.1, 0.15) is 12.5 Å². The van der Waals surface area contributed by atoms with Crippen LogP contribution < -0.4 is 15.1 Å². The van der Waals surface area contributed by atoms with Gasteiger partial charge in [0.05, 0.1) is 36.9 Å². The molecule has 1 aliphatic heterocycles. The van der Waals surface area contributed by atoms with Gasteiger partial charge in [-0.1, -0.05) is 29.3 Å². The zero-order valence-electron chi connectivity index (χ0n) is 15.4. The van der Waals surface area contributed by atoms with Crippen molar-refractivity contribution in [2.24, 2.45) is 0 Å². The van der Waals surface area contributed by atoms with E-state index in [4.69, 9.17) is 23.2 Å². The zero-order valence-corrected chi connectivity index (χ0v) is 16.9. The van der Waals surface area contributed by atoms with Crippen LogP contribution in [0.3, 0.4) is 0 Å². The van der Waals surface area contributed by atoms with Crippen molar-refractivity contribution in [1.82, 2.24) is 0 Å². The second-order valence-corrected chi connectivity index (χ2v) is 7.75. The lowest BCUT2D eigenvalue weighted by Crippen LogP contribution is -3.19. The molecule has 2 N–H and O–H groups in total. The fourth-order valence-electron chi connectivity index (χ4n) is 3.41. The maximum absolute atomic E-state index is 13.2. The van der Waals surface area contributed by atoms with Crippen LogP contribution in [0.2, 0.25) is 10.0 Å². The van der Waals surface area contributed by atoms with Gasteiger partial charge in [0.1, 0.15) is 5.82 Å². The Balaban J connectivity index is 1.60. The first kappa shape index (κ1) is 19.9. The molecule has 2 aromatic rings. The molecule has 1 atom stereocenters. The summed E-state index contributed by atoms with van der Waals surface area (Å²) in [6, 6.07) is 9.65. The fourth-order valence-corrected chi connectivity index (χ4v) is 3.79. The van der Waals surface area contributed by atoms with E-state index in [1.807, 2.05) is 25.1 Å². The third-order valence-electron chi connectivity index (χ3n) is 5.11. The lowest BCUT2D eigenvalue weighted by Gasteiger charge is -2.36. The first-order chi connectivity index (χ1) is 12.8. The Morgan fingerprint density at radius 3 is 2.56 bits per heavy atom. The van der Waals surface area contributed by atoms with Crippen LogP contribution in [0.4, 0.5) is 15.8 Å². The molecular weight excluding hydrogens is 388 g/mol. The van der Waals surface area contributed by atoms with Crippen molar-refractivity contribution in [2.75, 3.05) is 36.4 Å². The standard InChI is InChI=1S/C20H22Cl2FN3O/c1-13-3-4-15(21)11-19(13)26-9-7-25(8-10-26)14(2)20(27)24-18-6-5-16(23)12-17(18)22/h3-6,11-12,14H,7-10H2,1-2H3,(H,24,27)/p+1/t14-/m1/s1.